The maximum absolute atomic E-state index is 11.5. The Bertz CT molecular complexity index is 602. The molecule has 0 aliphatic rings. The first kappa shape index (κ1) is 10.7. The van der Waals surface area contributed by atoms with Gasteiger partial charge < -0.3 is 9.52 Å². The normalized spacial score (nSPS) is 10.9. The number of aromatic hydroxyl groups is 1. The zero-order chi connectivity index (χ0) is 11.2. The first-order chi connectivity index (χ1) is 7.02. The van der Waals surface area contributed by atoms with E-state index in [0.29, 0.717) is 15.6 Å². The molecule has 2 aromatic rings. The summed E-state index contributed by atoms with van der Waals surface area (Å²) in [6.45, 7) is 1.75. The molecule has 0 radical (unpaired) electrons. The summed E-state index contributed by atoms with van der Waals surface area (Å²) < 4.78 is 6.36. The van der Waals surface area contributed by atoms with E-state index in [0.717, 1.165) is 4.47 Å². The average molecular weight is 334 g/mol. The number of hydrogen-bond acceptors (Lipinski definition) is 3. The van der Waals surface area contributed by atoms with E-state index in [1.54, 1.807) is 19.1 Å². The van der Waals surface area contributed by atoms with Crippen LogP contribution in [-0.2, 0) is 0 Å². The fourth-order valence-corrected chi connectivity index (χ4v) is 2.03. The van der Waals surface area contributed by atoms with Crippen molar-refractivity contribution < 1.29 is 9.52 Å². The third kappa shape index (κ3) is 1.59. The second kappa shape index (κ2) is 3.64. The largest absolute Gasteiger partial charge is 0.502 e. The van der Waals surface area contributed by atoms with Crippen LogP contribution in [0.3, 0.4) is 0 Å². The second-order valence-corrected chi connectivity index (χ2v) is 4.72. The lowest BCUT2D eigenvalue weighted by molar-refractivity contribution is 0.457. The van der Waals surface area contributed by atoms with E-state index in [4.69, 9.17) is 4.42 Å². The lowest BCUT2D eigenvalue weighted by atomic mass is 10.3. The lowest BCUT2D eigenvalue weighted by Gasteiger charge is -1.85. The van der Waals surface area contributed by atoms with Crippen LogP contribution in [0.4, 0.5) is 0 Å². The molecule has 3 nitrogen and oxygen atoms in total. The van der Waals surface area contributed by atoms with Gasteiger partial charge in [0, 0.05) is 5.39 Å². The van der Waals surface area contributed by atoms with Gasteiger partial charge in [-0.25, -0.2) is 0 Å². The zero-order valence-electron chi connectivity index (χ0n) is 7.67. The Kier molecular flexibility index (Phi) is 2.60. The second-order valence-electron chi connectivity index (χ2n) is 3.07. The Morgan fingerprint density at radius 3 is 2.67 bits per heavy atom. The maximum Gasteiger partial charge on any atom is 0.238 e. The number of hydrogen-bond donors (Lipinski definition) is 1. The molecular formula is C10H6Br2O3. The minimum absolute atomic E-state index is 0.204. The van der Waals surface area contributed by atoms with Gasteiger partial charge in [-0.2, -0.15) is 0 Å². The number of halogens is 2. The first-order valence-electron chi connectivity index (χ1n) is 4.12. The van der Waals surface area contributed by atoms with Crippen LogP contribution in [0, 0.1) is 6.92 Å². The smallest absolute Gasteiger partial charge is 0.238 e. The summed E-state index contributed by atoms with van der Waals surface area (Å²) in [6, 6.07) is 3.30. The molecule has 1 N–H and O–H groups in total. The topological polar surface area (TPSA) is 50.4 Å². The molecular weight excluding hydrogens is 328 g/mol. The molecule has 0 spiro atoms. The van der Waals surface area contributed by atoms with E-state index in [-0.39, 0.29) is 11.3 Å². The van der Waals surface area contributed by atoms with Crippen LogP contribution in [0.5, 0.6) is 5.75 Å². The van der Waals surface area contributed by atoms with Crippen LogP contribution < -0.4 is 5.43 Å². The molecule has 1 aromatic heterocycles. The van der Waals surface area contributed by atoms with Crippen LogP contribution in [0.1, 0.15) is 5.76 Å². The Morgan fingerprint density at radius 2 is 2.00 bits per heavy atom. The molecule has 0 bridgehead atoms. The molecule has 1 aromatic carbocycles. The van der Waals surface area contributed by atoms with Crippen molar-refractivity contribution in [2.75, 3.05) is 0 Å². The quantitative estimate of drug-likeness (QED) is 0.804. The summed E-state index contributed by atoms with van der Waals surface area (Å²) in [5.74, 6) is 0.248. The highest BCUT2D eigenvalue weighted by Gasteiger charge is 2.14. The molecule has 0 unspecified atom stereocenters. The van der Waals surface area contributed by atoms with Crippen molar-refractivity contribution >= 4 is 42.8 Å². The van der Waals surface area contributed by atoms with Crippen LogP contribution in [-0.4, -0.2) is 5.11 Å². The summed E-state index contributed by atoms with van der Waals surface area (Å²) in [4.78, 5) is 11.5. The first-order valence-corrected chi connectivity index (χ1v) is 5.71. The molecule has 78 valence electrons. The highest BCUT2D eigenvalue weighted by Crippen LogP contribution is 2.33. The highest BCUT2D eigenvalue weighted by molar-refractivity contribution is 9.11. The highest BCUT2D eigenvalue weighted by atomic mass is 79.9. The molecule has 1 heterocycles. The van der Waals surface area contributed by atoms with E-state index >= 15 is 0 Å². The number of fused-ring (bicyclic) bond motifs is 1. The third-order valence-corrected chi connectivity index (χ3v) is 3.70. The van der Waals surface area contributed by atoms with Crippen molar-refractivity contribution in [3.63, 3.8) is 0 Å². The van der Waals surface area contributed by atoms with E-state index in [9.17, 15) is 9.90 Å². The molecule has 0 amide bonds. The van der Waals surface area contributed by atoms with Crippen LogP contribution in [0.15, 0.2) is 30.3 Å². The minimum Gasteiger partial charge on any atom is -0.502 e. The van der Waals surface area contributed by atoms with Crippen molar-refractivity contribution in [2.24, 2.45) is 0 Å². The lowest BCUT2D eigenvalue weighted by Crippen LogP contribution is -1.96. The molecule has 2 rings (SSSR count). The molecule has 0 aliphatic heterocycles. The molecule has 0 saturated carbocycles. The molecule has 15 heavy (non-hydrogen) atoms. The van der Waals surface area contributed by atoms with Gasteiger partial charge in [0.25, 0.3) is 0 Å². The molecule has 0 saturated heterocycles. The van der Waals surface area contributed by atoms with Crippen molar-refractivity contribution in [1.29, 1.82) is 0 Å². The summed E-state index contributed by atoms with van der Waals surface area (Å²) in [6.07, 6.45) is 0. The van der Waals surface area contributed by atoms with Gasteiger partial charge in [-0.1, -0.05) is 0 Å². The monoisotopic (exact) mass is 332 g/mol. The van der Waals surface area contributed by atoms with Crippen molar-refractivity contribution in [3.05, 3.63) is 37.1 Å². The zero-order valence-corrected chi connectivity index (χ0v) is 10.8. The van der Waals surface area contributed by atoms with Crippen LogP contribution in [0.25, 0.3) is 11.0 Å². The Labute approximate surface area is 102 Å². The average Bonchev–Trinajstić information content (AvgIpc) is 2.45. The van der Waals surface area contributed by atoms with E-state index < -0.39 is 5.43 Å². The molecule has 5 heteroatoms. The number of furan rings is 1. The molecule has 0 fully saturated rings. The van der Waals surface area contributed by atoms with E-state index in [1.165, 1.54) is 0 Å². The SMILES string of the molecule is Cc1oc2c(O)c(=O)c(Br)ccc2c1Br. The van der Waals surface area contributed by atoms with Crippen molar-refractivity contribution in [2.45, 2.75) is 6.92 Å². The Hall–Kier alpha value is -0.810. The van der Waals surface area contributed by atoms with Gasteiger partial charge in [-0.05, 0) is 50.9 Å². The third-order valence-electron chi connectivity index (χ3n) is 2.09. The van der Waals surface area contributed by atoms with Gasteiger partial charge in [0.2, 0.25) is 11.2 Å². The molecule has 0 atom stereocenters. The van der Waals surface area contributed by atoms with E-state index in [1.807, 2.05) is 0 Å². The van der Waals surface area contributed by atoms with E-state index in [2.05, 4.69) is 31.9 Å². The predicted octanol–water partition coefficient (Wildman–Crippen LogP) is 3.33. The number of aryl methyl sites for hydroxylation is 1. The van der Waals surface area contributed by atoms with Crippen molar-refractivity contribution in [3.8, 4) is 5.75 Å². The standard InChI is InChI=1S/C10H6Br2O3/c1-4-7(12)5-2-3-6(11)8(13)9(14)10(5)15-4/h2-3H,1H3,(H,13,14). The van der Waals surface area contributed by atoms with Crippen LogP contribution in [0.2, 0.25) is 0 Å². The predicted molar refractivity (Wildman–Crippen MR) is 64.3 cm³/mol. The summed E-state index contributed by atoms with van der Waals surface area (Å²) in [7, 11) is 0. The fourth-order valence-electron chi connectivity index (χ4n) is 1.32. The van der Waals surface area contributed by atoms with Gasteiger partial charge in [0.1, 0.15) is 5.76 Å². The van der Waals surface area contributed by atoms with Gasteiger partial charge in [0.05, 0.1) is 8.95 Å². The fraction of sp³-hybridized carbons (Fsp3) is 0.100. The van der Waals surface area contributed by atoms with Gasteiger partial charge in [-0.15, -0.1) is 0 Å². The molecule has 0 aliphatic carbocycles. The van der Waals surface area contributed by atoms with Crippen LogP contribution >= 0.6 is 31.9 Å². The van der Waals surface area contributed by atoms with Gasteiger partial charge >= 0.3 is 0 Å². The summed E-state index contributed by atoms with van der Waals surface area (Å²) in [5.41, 5.74) is -0.277. The van der Waals surface area contributed by atoms with Gasteiger partial charge in [-0.3, -0.25) is 4.79 Å². The Morgan fingerprint density at radius 1 is 1.33 bits per heavy atom. The van der Waals surface area contributed by atoms with Crippen molar-refractivity contribution in [1.82, 2.24) is 0 Å². The van der Waals surface area contributed by atoms with Gasteiger partial charge in [0.15, 0.2) is 5.58 Å². The minimum atomic E-state index is -0.480. The summed E-state index contributed by atoms with van der Waals surface area (Å²) >= 11 is 6.41. The maximum atomic E-state index is 11.5. The Balaban J connectivity index is 3.09. The summed E-state index contributed by atoms with van der Waals surface area (Å²) in [5, 5.41) is 10.4. The number of rotatable bonds is 0.